The fraction of sp³-hybridized carbons (Fsp3) is 0.222. The molecule has 2 rings (SSSR count). The van der Waals surface area contributed by atoms with E-state index in [1.54, 1.807) is 12.3 Å². The quantitative estimate of drug-likeness (QED) is 0.662. The van der Waals surface area contributed by atoms with E-state index in [1.807, 2.05) is 0 Å². The van der Waals surface area contributed by atoms with Crippen LogP contribution in [0.3, 0.4) is 0 Å². The van der Waals surface area contributed by atoms with E-state index in [0.29, 0.717) is 30.4 Å². The van der Waals surface area contributed by atoms with Gasteiger partial charge in [-0.3, -0.25) is 0 Å². The Morgan fingerprint density at radius 1 is 1.46 bits per heavy atom. The van der Waals surface area contributed by atoms with E-state index in [9.17, 15) is 5.11 Å². The highest BCUT2D eigenvalue weighted by Crippen LogP contribution is 2.33. The van der Waals surface area contributed by atoms with Gasteiger partial charge in [0.15, 0.2) is 5.75 Å². The highest BCUT2D eigenvalue weighted by atomic mass is 16.6. The molecule has 0 aromatic carbocycles. The van der Waals surface area contributed by atoms with E-state index in [-0.39, 0.29) is 5.76 Å². The van der Waals surface area contributed by atoms with Crippen molar-refractivity contribution in [2.24, 2.45) is 0 Å². The number of pyridine rings is 1. The Bertz CT molecular complexity index is 349. The van der Waals surface area contributed by atoms with Crippen LogP contribution in [0.5, 0.6) is 11.6 Å². The molecule has 1 aliphatic heterocycles. The van der Waals surface area contributed by atoms with Gasteiger partial charge in [0.1, 0.15) is 19.0 Å². The summed E-state index contributed by atoms with van der Waals surface area (Å²) in [6, 6.07) is 1.63. The van der Waals surface area contributed by atoms with Crippen LogP contribution < -0.4 is 9.47 Å². The smallest absolute Gasteiger partial charge is 0.257 e. The summed E-state index contributed by atoms with van der Waals surface area (Å²) in [6.45, 7) is 4.38. The van der Waals surface area contributed by atoms with Gasteiger partial charge < -0.3 is 14.6 Å². The summed E-state index contributed by atoms with van der Waals surface area (Å²) in [4.78, 5) is 3.96. The molecule has 0 spiro atoms. The van der Waals surface area contributed by atoms with Gasteiger partial charge in [-0.05, 0) is 6.07 Å². The van der Waals surface area contributed by atoms with Crippen LogP contribution in [0.25, 0.3) is 5.76 Å². The van der Waals surface area contributed by atoms with Gasteiger partial charge in [0.25, 0.3) is 5.88 Å². The van der Waals surface area contributed by atoms with E-state index in [4.69, 9.17) is 9.47 Å². The van der Waals surface area contributed by atoms with Crippen molar-refractivity contribution in [3.8, 4) is 11.6 Å². The van der Waals surface area contributed by atoms with Gasteiger partial charge in [-0.25, -0.2) is 4.98 Å². The SMILES string of the molecule is C=C(O)c1ccnc2c1OCCO2. The molecule has 0 saturated heterocycles. The van der Waals surface area contributed by atoms with Crippen molar-refractivity contribution in [3.63, 3.8) is 0 Å². The molecule has 0 atom stereocenters. The normalized spacial score (nSPS) is 13.8. The summed E-state index contributed by atoms with van der Waals surface area (Å²) in [5.74, 6) is 0.851. The maximum absolute atomic E-state index is 9.22. The lowest BCUT2D eigenvalue weighted by molar-refractivity contribution is 0.163. The van der Waals surface area contributed by atoms with Gasteiger partial charge in [-0.15, -0.1) is 0 Å². The average Bonchev–Trinajstić information content (AvgIpc) is 2.17. The molecule has 0 radical (unpaired) electrons. The van der Waals surface area contributed by atoms with Crippen molar-refractivity contribution in [1.29, 1.82) is 0 Å². The molecule has 0 aliphatic carbocycles. The summed E-state index contributed by atoms with van der Waals surface area (Å²) in [5.41, 5.74) is 0.532. The molecule has 0 unspecified atom stereocenters. The Morgan fingerprint density at radius 2 is 2.23 bits per heavy atom. The average molecular weight is 179 g/mol. The molecule has 0 saturated carbocycles. The molecule has 0 fully saturated rings. The van der Waals surface area contributed by atoms with Gasteiger partial charge in [0.2, 0.25) is 0 Å². The summed E-state index contributed by atoms with van der Waals surface area (Å²) in [7, 11) is 0. The van der Waals surface area contributed by atoms with E-state index in [2.05, 4.69) is 11.6 Å². The van der Waals surface area contributed by atoms with Crippen molar-refractivity contribution in [1.82, 2.24) is 4.98 Å². The fourth-order valence-corrected chi connectivity index (χ4v) is 1.18. The molecular weight excluding hydrogens is 170 g/mol. The van der Waals surface area contributed by atoms with Crippen molar-refractivity contribution in [2.45, 2.75) is 0 Å². The minimum atomic E-state index is -0.0378. The van der Waals surface area contributed by atoms with Gasteiger partial charge in [-0.2, -0.15) is 0 Å². The zero-order valence-corrected chi connectivity index (χ0v) is 6.99. The Hall–Kier alpha value is -1.71. The molecule has 1 N–H and O–H groups in total. The molecule has 4 nitrogen and oxygen atoms in total. The third kappa shape index (κ3) is 1.30. The number of rotatable bonds is 1. The van der Waals surface area contributed by atoms with E-state index in [0.717, 1.165) is 0 Å². The highest BCUT2D eigenvalue weighted by molar-refractivity contribution is 5.65. The molecule has 1 aliphatic rings. The predicted molar refractivity (Wildman–Crippen MR) is 46.9 cm³/mol. The number of aromatic nitrogens is 1. The number of ether oxygens (including phenoxy) is 2. The third-order valence-corrected chi connectivity index (χ3v) is 1.75. The van der Waals surface area contributed by atoms with Crippen molar-refractivity contribution in [2.75, 3.05) is 13.2 Å². The van der Waals surface area contributed by atoms with Crippen LogP contribution in [0.4, 0.5) is 0 Å². The van der Waals surface area contributed by atoms with Crippen LogP contribution in [0.1, 0.15) is 5.56 Å². The maximum atomic E-state index is 9.22. The number of aliphatic hydroxyl groups is 1. The summed E-state index contributed by atoms with van der Waals surface area (Å²) in [6.07, 6.45) is 1.55. The first-order valence-electron chi connectivity index (χ1n) is 3.92. The molecule has 4 heteroatoms. The first kappa shape index (κ1) is 7.91. The minimum Gasteiger partial charge on any atom is -0.508 e. The number of hydrogen-bond donors (Lipinski definition) is 1. The van der Waals surface area contributed by atoms with Crippen LogP contribution in [0, 0.1) is 0 Å². The van der Waals surface area contributed by atoms with Crippen LogP contribution in [0.15, 0.2) is 18.8 Å². The van der Waals surface area contributed by atoms with Crippen molar-refractivity contribution in [3.05, 3.63) is 24.4 Å². The molecular formula is C9H9NO3. The topological polar surface area (TPSA) is 51.6 Å². The van der Waals surface area contributed by atoms with Crippen LogP contribution in [0.2, 0.25) is 0 Å². The van der Waals surface area contributed by atoms with Crippen molar-refractivity contribution < 1.29 is 14.6 Å². The minimum absolute atomic E-state index is 0.0378. The van der Waals surface area contributed by atoms with Gasteiger partial charge in [0.05, 0.1) is 5.56 Å². The zero-order valence-electron chi connectivity index (χ0n) is 6.99. The summed E-state index contributed by atoms with van der Waals surface area (Å²) in [5, 5.41) is 9.22. The van der Waals surface area contributed by atoms with Crippen LogP contribution >= 0.6 is 0 Å². The van der Waals surface area contributed by atoms with E-state index < -0.39 is 0 Å². The number of hydrogen-bond acceptors (Lipinski definition) is 4. The molecule has 2 heterocycles. The second-order valence-corrected chi connectivity index (χ2v) is 2.64. The monoisotopic (exact) mass is 179 g/mol. The Kier molecular flexibility index (Phi) is 1.81. The second kappa shape index (κ2) is 2.97. The Labute approximate surface area is 75.4 Å². The van der Waals surface area contributed by atoms with Gasteiger partial charge in [-0.1, -0.05) is 6.58 Å². The summed E-state index contributed by atoms with van der Waals surface area (Å²) >= 11 is 0. The largest absolute Gasteiger partial charge is 0.508 e. The van der Waals surface area contributed by atoms with Crippen LogP contribution in [-0.2, 0) is 0 Å². The lowest BCUT2D eigenvalue weighted by Crippen LogP contribution is -2.17. The first-order valence-corrected chi connectivity index (χ1v) is 3.92. The number of nitrogens with zero attached hydrogens (tertiary/aromatic N) is 1. The second-order valence-electron chi connectivity index (χ2n) is 2.64. The van der Waals surface area contributed by atoms with Gasteiger partial charge in [0, 0.05) is 6.20 Å². The maximum Gasteiger partial charge on any atom is 0.257 e. The summed E-state index contributed by atoms with van der Waals surface area (Å²) < 4.78 is 10.5. The highest BCUT2D eigenvalue weighted by Gasteiger charge is 2.17. The number of fused-ring (bicyclic) bond motifs is 1. The molecule has 0 bridgehead atoms. The van der Waals surface area contributed by atoms with E-state index >= 15 is 0 Å². The Balaban J connectivity index is 2.52. The molecule has 68 valence electrons. The molecule has 1 aromatic heterocycles. The van der Waals surface area contributed by atoms with Crippen molar-refractivity contribution >= 4 is 5.76 Å². The third-order valence-electron chi connectivity index (χ3n) is 1.75. The molecule has 1 aromatic rings. The lowest BCUT2D eigenvalue weighted by Gasteiger charge is -2.18. The molecule has 13 heavy (non-hydrogen) atoms. The van der Waals surface area contributed by atoms with E-state index in [1.165, 1.54) is 0 Å². The lowest BCUT2D eigenvalue weighted by atomic mass is 10.2. The Morgan fingerprint density at radius 3 is 3.00 bits per heavy atom. The number of aliphatic hydroxyl groups excluding tert-OH is 1. The first-order chi connectivity index (χ1) is 6.29. The zero-order chi connectivity index (χ0) is 9.26. The standard InChI is InChI=1S/C9H9NO3/c1-6(11)7-2-3-10-9-8(7)12-4-5-13-9/h2-3,11H,1,4-5H2. The fourth-order valence-electron chi connectivity index (χ4n) is 1.18. The van der Waals surface area contributed by atoms with Gasteiger partial charge >= 0.3 is 0 Å². The predicted octanol–water partition coefficient (Wildman–Crippen LogP) is 1.38. The molecule has 0 amide bonds. The van der Waals surface area contributed by atoms with Crippen LogP contribution in [-0.4, -0.2) is 23.3 Å².